The molecule has 0 amide bonds. The molecule has 0 aromatic heterocycles. The molecule has 8 heteroatoms. The van der Waals surface area contributed by atoms with E-state index in [1.54, 1.807) is 0 Å². The first kappa shape index (κ1) is 28.3. The lowest BCUT2D eigenvalue weighted by Crippen LogP contribution is -2.08. The van der Waals surface area contributed by atoms with Crippen molar-refractivity contribution in [1.29, 1.82) is 0 Å². The van der Waals surface area contributed by atoms with Gasteiger partial charge in [-0.15, -0.1) is 0 Å². The smallest absolute Gasteiger partial charge is 0.0916 e. The fraction of sp³-hybridized carbons (Fsp3) is 0.250. The zero-order chi connectivity index (χ0) is 28.8. The molecule has 40 heavy (non-hydrogen) atoms. The minimum Gasteiger partial charge on any atom is -0.378 e. The quantitative estimate of drug-likeness (QED) is 0.212. The number of hydrogen-bond acceptors (Lipinski definition) is 8. The first-order valence-electron chi connectivity index (χ1n) is 13.1. The molecule has 0 bridgehead atoms. The number of rotatable bonds is 8. The minimum atomic E-state index is 0.734. The van der Waals surface area contributed by atoms with E-state index in [-0.39, 0.29) is 0 Å². The summed E-state index contributed by atoms with van der Waals surface area (Å²) < 4.78 is 0. The number of benzene rings is 4. The molecule has 4 aromatic carbocycles. The predicted molar refractivity (Wildman–Crippen MR) is 166 cm³/mol. The predicted octanol–water partition coefficient (Wildman–Crippen LogP) is 10.3. The van der Waals surface area contributed by atoms with Crippen molar-refractivity contribution in [2.45, 2.75) is 27.7 Å². The highest BCUT2D eigenvalue weighted by molar-refractivity contribution is 5.63. The lowest BCUT2D eigenvalue weighted by atomic mass is 10.1. The van der Waals surface area contributed by atoms with Crippen LogP contribution in [0.25, 0.3) is 0 Å². The number of hydrogen-bond donors (Lipinski definition) is 0. The normalized spacial score (nSPS) is 11.7. The maximum atomic E-state index is 4.50. The summed E-state index contributed by atoms with van der Waals surface area (Å²) in [6, 6.07) is 23.5. The Morgan fingerprint density at radius 3 is 0.825 bits per heavy atom. The van der Waals surface area contributed by atoms with E-state index < -0.39 is 0 Å². The third kappa shape index (κ3) is 7.02. The van der Waals surface area contributed by atoms with E-state index in [0.717, 1.165) is 67.8 Å². The van der Waals surface area contributed by atoms with Gasteiger partial charge >= 0.3 is 0 Å². The Balaban J connectivity index is 1.39. The van der Waals surface area contributed by atoms with E-state index in [9.17, 15) is 0 Å². The van der Waals surface area contributed by atoms with Crippen LogP contribution in [0.1, 0.15) is 22.3 Å². The average Bonchev–Trinajstić information content (AvgIpc) is 2.92. The molecule has 0 unspecified atom stereocenters. The van der Waals surface area contributed by atoms with Crippen molar-refractivity contribution in [3.8, 4) is 0 Å². The maximum Gasteiger partial charge on any atom is 0.0916 e. The fourth-order valence-electron chi connectivity index (χ4n) is 4.20. The van der Waals surface area contributed by atoms with Gasteiger partial charge in [0.15, 0.2) is 0 Å². The molecule has 0 fully saturated rings. The first-order chi connectivity index (χ1) is 19.1. The van der Waals surface area contributed by atoms with Gasteiger partial charge in [0.1, 0.15) is 0 Å². The third-order valence-corrected chi connectivity index (χ3v) is 6.50. The van der Waals surface area contributed by atoms with Gasteiger partial charge in [0.05, 0.1) is 34.1 Å². The van der Waals surface area contributed by atoms with E-state index >= 15 is 0 Å². The number of azo groups is 3. The van der Waals surface area contributed by atoms with Crippen LogP contribution in [0.4, 0.5) is 45.5 Å². The summed E-state index contributed by atoms with van der Waals surface area (Å²) in [5, 5.41) is 26.5. The Morgan fingerprint density at radius 1 is 0.375 bits per heavy atom. The highest BCUT2D eigenvalue weighted by atomic mass is 15.1. The topological polar surface area (TPSA) is 80.6 Å². The van der Waals surface area contributed by atoms with Gasteiger partial charge in [-0.3, -0.25) is 0 Å². The summed E-state index contributed by atoms with van der Waals surface area (Å²) in [4.78, 5) is 4.17. The van der Waals surface area contributed by atoms with E-state index in [2.05, 4.69) is 92.4 Å². The molecular formula is C32H36N8. The van der Waals surface area contributed by atoms with Crippen molar-refractivity contribution in [3.05, 3.63) is 95.1 Å². The van der Waals surface area contributed by atoms with Crippen molar-refractivity contribution in [3.63, 3.8) is 0 Å². The molecular weight excluding hydrogens is 496 g/mol. The van der Waals surface area contributed by atoms with Crippen LogP contribution in [-0.4, -0.2) is 28.2 Å². The molecule has 0 spiro atoms. The van der Waals surface area contributed by atoms with Crippen molar-refractivity contribution >= 4 is 45.5 Å². The van der Waals surface area contributed by atoms with Crippen LogP contribution in [-0.2, 0) is 0 Å². The highest BCUT2D eigenvalue weighted by Gasteiger charge is 2.07. The maximum absolute atomic E-state index is 4.50. The van der Waals surface area contributed by atoms with Crippen LogP contribution in [0.15, 0.2) is 103 Å². The second kappa shape index (κ2) is 12.4. The van der Waals surface area contributed by atoms with Crippen LogP contribution in [0.5, 0.6) is 0 Å². The van der Waals surface area contributed by atoms with Gasteiger partial charge in [-0.2, -0.15) is 30.7 Å². The van der Waals surface area contributed by atoms with E-state index in [0.29, 0.717) is 0 Å². The summed E-state index contributed by atoms with van der Waals surface area (Å²) in [5.41, 5.74) is 11.4. The zero-order valence-corrected chi connectivity index (χ0v) is 24.5. The van der Waals surface area contributed by atoms with E-state index in [4.69, 9.17) is 0 Å². The van der Waals surface area contributed by atoms with Crippen LogP contribution in [0.3, 0.4) is 0 Å². The molecule has 0 saturated heterocycles. The Bertz CT molecular complexity index is 1400. The number of nitrogens with zero attached hydrogens (tertiary/aromatic N) is 8. The molecule has 204 valence electrons. The van der Waals surface area contributed by atoms with Gasteiger partial charge in [0, 0.05) is 39.6 Å². The third-order valence-electron chi connectivity index (χ3n) is 6.50. The summed E-state index contributed by atoms with van der Waals surface area (Å²) >= 11 is 0. The van der Waals surface area contributed by atoms with Crippen molar-refractivity contribution in [2.75, 3.05) is 38.0 Å². The molecule has 4 rings (SSSR count). The monoisotopic (exact) mass is 532 g/mol. The molecule has 8 nitrogen and oxygen atoms in total. The molecule has 0 radical (unpaired) electrons. The summed E-state index contributed by atoms with van der Waals surface area (Å²) in [5.74, 6) is 0. The Morgan fingerprint density at radius 2 is 0.600 bits per heavy atom. The molecule has 4 aromatic rings. The largest absolute Gasteiger partial charge is 0.378 e. The Labute approximate surface area is 236 Å². The van der Waals surface area contributed by atoms with Gasteiger partial charge in [-0.05, 0) is 123 Å². The highest BCUT2D eigenvalue weighted by Crippen LogP contribution is 2.32. The van der Waals surface area contributed by atoms with Crippen molar-refractivity contribution in [1.82, 2.24) is 0 Å². The first-order valence-corrected chi connectivity index (χ1v) is 13.1. The SMILES string of the molecule is Cc1cc(N(C)C)cc(C)c1N=Nc1ccc(N=Nc2ccc(N=Nc3c(C)cc(N(C)C)cc3C)cc2)cc1. The van der Waals surface area contributed by atoms with Gasteiger partial charge in [-0.25, -0.2) is 0 Å². The van der Waals surface area contributed by atoms with Gasteiger partial charge in [0.2, 0.25) is 0 Å². The molecule has 0 heterocycles. The van der Waals surface area contributed by atoms with Crippen LogP contribution < -0.4 is 9.80 Å². The van der Waals surface area contributed by atoms with E-state index in [1.807, 2.05) is 76.7 Å². The second-order valence-electron chi connectivity index (χ2n) is 10.3. The summed E-state index contributed by atoms with van der Waals surface area (Å²) in [7, 11) is 8.13. The zero-order valence-electron chi connectivity index (χ0n) is 24.5. The van der Waals surface area contributed by atoms with Crippen molar-refractivity contribution < 1.29 is 0 Å². The minimum absolute atomic E-state index is 0.734. The summed E-state index contributed by atoms with van der Waals surface area (Å²) in [6.45, 7) is 8.22. The lowest BCUT2D eigenvalue weighted by molar-refractivity contribution is 1.11. The Kier molecular flexibility index (Phi) is 8.79. The van der Waals surface area contributed by atoms with Crippen LogP contribution in [0.2, 0.25) is 0 Å². The molecule has 0 atom stereocenters. The molecule has 0 N–H and O–H groups in total. The number of anilines is 2. The molecule has 0 aliphatic heterocycles. The number of aryl methyl sites for hydroxylation is 4. The second-order valence-corrected chi connectivity index (χ2v) is 10.3. The van der Waals surface area contributed by atoms with Crippen LogP contribution >= 0.6 is 0 Å². The van der Waals surface area contributed by atoms with Gasteiger partial charge in [-0.1, -0.05) is 0 Å². The molecule has 0 saturated carbocycles. The van der Waals surface area contributed by atoms with E-state index in [1.165, 1.54) is 0 Å². The average molecular weight is 533 g/mol. The van der Waals surface area contributed by atoms with Gasteiger partial charge in [0.25, 0.3) is 0 Å². The standard InChI is InChI=1S/C32H36N8/c1-21-17-29(39(5)6)18-22(2)31(21)37-35-27-13-9-25(10-14-27)33-34-26-11-15-28(16-12-26)36-38-32-23(3)19-30(40(7)8)20-24(32)4/h9-20H,1-8H3. The van der Waals surface area contributed by atoms with Gasteiger partial charge < -0.3 is 9.80 Å². The molecule has 0 aliphatic carbocycles. The lowest BCUT2D eigenvalue weighted by Gasteiger charge is -2.15. The van der Waals surface area contributed by atoms with Crippen LogP contribution in [0, 0.1) is 27.7 Å². The Hall–Kier alpha value is -4.72. The van der Waals surface area contributed by atoms with Crippen molar-refractivity contribution in [2.24, 2.45) is 30.7 Å². The summed E-state index contributed by atoms with van der Waals surface area (Å²) in [6.07, 6.45) is 0. The fourth-order valence-corrected chi connectivity index (χ4v) is 4.20. The molecule has 0 aliphatic rings.